The molecule has 0 fully saturated rings. The number of hydrogen-bond acceptors (Lipinski definition) is 3. The number of sulfonamides is 1. The van der Waals surface area contributed by atoms with Crippen LogP contribution in [-0.4, -0.2) is 37.5 Å². The summed E-state index contributed by atoms with van der Waals surface area (Å²) >= 11 is 0. The van der Waals surface area contributed by atoms with Gasteiger partial charge in [0.15, 0.2) is 0 Å². The maximum atomic E-state index is 13.2. The topological polar surface area (TPSA) is 51.5 Å². The molecule has 1 aromatic heterocycles. The van der Waals surface area contributed by atoms with Crippen molar-refractivity contribution in [2.45, 2.75) is 31.7 Å². The summed E-state index contributed by atoms with van der Waals surface area (Å²) in [5.41, 5.74) is 7.07. The highest BCUT2D eigenvalue weighted by atomic mass is 32.2. The number of fused-ring (bicyclic) bond motifs is 1. The summed E-state index contributed by atoms with van der Waals surface area (Å²) in [6.07, 6.45) is 2.77. The average Bonchev–Trinajstić information content (AvgIpc) is 3.16. The van der Waals surface area contributed by atoms with E-state index in [0.717, 1.165) is 17.9 Å². The molecule has 0 radical (unpaired) electrons. The molecule has 5 rings (SSSR count). The van der Waals surface area contributed by atoms with E-state index in [2.05, 4.69) is 54.0 Å². The van der Waals surface area contributed by atoms with E-state index < -0.39 is 10.0 Å². The van der Waals surface area contributed by atoms with Crippen molar-refractivity contribution in [1.82, 2.24) is 8.87 Å². The van der Waals surface area contributed by atoms with Crippen LogP contribution in [0, 0.1) is 13.8 Å². The number of methoxy groups -OCH3 is 1. The van der Waals surface area contributed by atoms with Crippen molar-refractivity contribution in [3.63, 3.8) is 0 Å². The molecule has 180 valence electrons. The normalized spacial score (nSPS) is 14.8. The van der Waals surface area contributed by atoms with Crippen molar-refractivity contribution in [2.24, 2.45) is 0 Å². The van der Waals surface area contributed by atoms with Crippen molar-refractivity contribution in [3.05, 3.63) is 101 Å². The molecule has 0 spiro atoms. The van der Waals surface area contributed by atoms with Gasteiger partial charge in [-0.2, -0.15) is 4.31 Å². The number of benzene rings is 3. The minimum absolute atomic E-state index is 0.354. The Morgan fingerprint density at radius 1 is 0.914 bits per heavy atom. The van der Waals surface area contributed by atoms with Crippen LogP contribution < -0.4 is 4.74 Å². The predicted octanol–water partition coefficient (Wildman–Crippen LogP) is 5.79. The van der Waals surface area contributed by atoms with E-state index in [9.17, 15) is 8.42 Å². The molecular formula is C29H30N2O3S. The van der Waals surface area contributed by atoms with Crippen LogP contribution in [0.15, 0.2) is 83.8 Å². The third-order valence-electron chi connectivity index (χ3n) is 6.88. The van der Waals surface area contributed by atoms with Gasteiger partial charge in [0.1, 0.15) is 5.75 Å². The zero-order valence-electron chi connectivity index (χ0n) is 20.4. The molecule has 0 unspecified atom stereocenters. The van der Waals surface area contributed by atoms with E-state index in [1.54, 1.807) is 23.5 Å². The lowest BCUT2D eigenvalue weighted by atomic mass is 9.97. The van der Waals surface area contributed by atoms with Crippen LogP contribution in [0.3, 0.4) is 0 Å². The van der Waals surface area contributed by atoms with Gasteiger partial charge >= 0.3 is 0 Å². The minimum atomic E-state index is -3.50. The first-order valence-electron chi connectivity index (χ1n) is 11.9. The quantitative estimate of drug-likeness (QED) is 0.346. The minimum Gasteiger partial charge on any atom is -0.497 e. The molecule has 0 saturated carbocycles. The Hall–Kier alpha value is -3.35. The van der Waals surface area contributed by atoms with Gasteiger partial charge < -0.3 is 9.30 Å². The van der Waals surface area contributed by atoms with Gasteiger partial charge in [-0.1, -0.05) is 54.1 Å². The fraction of sp³-hybridized carbons (Fsp3) is 0.241. The molecule has 35 heavy (non-hydrogen) atoms. The van der Waals surface area contributed by atoms with E-state index in [4.69, 9.17) is 4.74 Å². The fourth-order valence-electron chi connectivity index (χ4n) is 4.91. The van der Waals surface area contributed by atoms with Gasteiger partial charge in [0, 0.05) is 41.8 Å². The molecule has 2 heterocycles. The van der Waals surface area contributed by atoms with Crippen LogP contribution in [0.5, 0.6) is 5.75 Å². The van der Waals surface area contributed by atoms with E-state index in [1.807, 2.05) is 31.2 Å². The SMILES string of the molecule is COc1ccc(Cn2c(C)c(C3=CCN(S(=O)(=O)c4ccc(C)cc4)CC3)c3ccccc32)cc1. The number of nitrogens with zero attached hydrogens (tertiary/aromatic N) is 2. The molecule has 0 bridgehead atoms. The summed E-state index contributed by atoms with van der Waals surface area (Å²) in [6.45, 7) is 5.73. The largest absolute Gasteiger partial charge is 0.497 e. The molecule has 0 N–H and O–H groups in total. The van der Waals surface area contributed by atoms with Crippen molar-refractivity contribution in [2.75, 3.05) is 20.2 Å². The molecule has 6 heteroatoms. The monoisotopic (exact) mass is 486 g/mol. The number of aromatic nitrogens is 1. The number of ether oxygens (including phenoxy) is 1. The summed E-state index contributed by atoms with van der Waals surface area (Å²) in [5.74, 6) is 0.848. The first-order chi connectivity index (χ1) is 16.9. The lowest BCUT2D eigenvalue weighted by Gasteiger charge is -2.26. The van der Waals surface area contributed by atoms with Crippen molar-refractivity contribution < 1.29 is 13.2 Å². The van der Waals surface area contributed by atoms with E-state index >= 15 is 0 Å². The lowest BCUT2D eigenvalue weighted by Crippen LogP contribution is -2.34. The molecule has 0 aliphatic carbocycles. The Morgan fingerprint density at radius 3 is 2.29 bits per heavy atom. The standard InChI is InChI=1S/C29H30N2O3S/c1-21-8-14-26(15-9-21)35(32,33)30-18-16-24(17-19-30)29-22(2)31(28-7-5-4-6-27(28)29)20-23-10-12-25(34-3)13-11-23/h4-16H,17-20H2,1-3H3. The number of para-hydroxylation sites is 1. The second-order valence-corrected chi connectivity index (χ2v) is 11.0. The van der Waals surface area contributed by atoms with E-state index in [0.29, 0.717) is 24.4 Å². The first kappa shape index (κ1) is 23.4. The second-order valence-electron chi connectivity index (χ2n) is 9.07. The summed E-state index contributed by atoms with van der Waals surface area (Å²) in [5, 5.41) is 1.21. The molecule has 0 atom stereocenters. The van der Waals surface area contributed by atoms with Crippen molar-refractivity contribution in [3.8, 4) is 5.75 Å². The van der Waals surface area contributed by atoms with Gasteiger partial charge in [0.2, 0.25) is 10.0 Å². The predicted molar refractivity (Wildman–Crippen MR) is 141 cm³/mol. The zero-order valence-corrected chi connectivity index (χ0v) is 21.2. The van der Waals surface area contributed by atoms with Crippen LogP contribution in [-0.2, 0) is 16.6 Å². The van der Waals surface area contributed by atoms with Crippen LogP contribution in [0.1, 0.15) is 28.8 Å². The van der Waals surface area contributed by atoms with Gasteiger partial charge in [-0.15, -0.1) is 0 Å². The Morgan fingerprint density at radius 2 is 1.63 bits per heavy atom. The van der Waals surface area contributed by atoms with E-state index in [-0.39, 0.29) is 0 Å². The van der Waals surface area contributed by atoms with Crippen LogP contribution in [0.25, 0.3) is 16.5 Å². The molecule has 0 amide bonds. The molecule has 4 aromatic rings. The maximum Gasteiger partial charge on any atom is 0.243 e. The van der Waals surface area contributed by atoms with Gasteiger partial charge in [0.05, 0.1) is 12.0 Å². The fourth-order valence-corrected chi connectivity index (χ4v) is 6.29. The van der Waals surface area contributed by atoms with E-state index in [1.165, 1.54) is 33.3 Å². The number of rotatable bonds is 6. The van der Waals surface area contributed by atoms with Crippen molar-refractivity contribution >= 4 is 26.5 Å². The third kappa shape index (κ3) is 4.40. The Balaban J connectivity index is 1.47. The second kappa shape index (κ2) is 9.36. The Labute approximate surface area is 207 Å². The first-order valence-corrected chi connectivity index (χ1v) is 13.3. The molecule has 3 aromatic carbocycles. The summed E-state index contributed by atoms with van der Waals surface area (Å²) in [7, 11) is -1.83. The third-order valence-corrected chi connectivity index (χ3v) is 8.76. The highest BCUT2D eigenvalue weighted by Gasteiger charge is 2.28. The van der Waals surface area contributed by atoms with Gasteiger partial charge in [-0.3, -0.25) is 0 Å². The van der Waals surface area contributed by atoms with Crippen LogP contribution in [0.2, 0.25) is 0 Å². The smallest absolute Gasteiger partial charge is 0.243 e. The highest BCUT2D eigenvalue weighted by molar-refractivity contribution is 7.89. The highest BCUT2D eigenvalue weighted by Crippen LogP contribution is 2.36. The average molecular weight is 487 g/mol. The summed E-state index contributed by atoms with van der Waals surface area (Å²) in [6, 6.07) is 23.7. The van der Waals surface area contributed by atoms with Crippen LogP contribution >= 0.6 is 0 Å². The van der Waals surface area contributed by atoms with Gasteiger partial charge in [-0.25, -0.2) is 8.42 Å². The summed E-state index contributed by atoms with van der Waals surface area (Å²) in [4.78, 5) is 0.354. The number of hydrogen-bond donors (Lipinski definition) is 0. The summed E-state index contributed by atoms with van der Waals surface area (Å²) < 4.78 is 35.5. The maximum absolute atomic E-state index is 13.2. The lowest BCUT2D eigenvalue weighted by molar-refractivity contribution is 0.414. The van der Waals surface area contributed by atoms with Gasteiger partial charge in [-0.05, 0) is 61.7 Å². The molecule has 1 aliphatic heterocycles. The Kier molecular flexibility index (Phi) is 6.26. The van der Waals surface area contributed by atoms with Crippen LogP contribution in [0.4, 0.5) is 0 Å². The van der Waals surface area contributed by atoms with Gasteiger partial charge in [0.25, 0.3) is 0 Å². The Bertz CT molecular complexity index is 1500. The molecule has 5 nitrogen and oxygen atoms in total. The van der Waals surface area contributed by atoms with Crippen molar-refractivity contribution in [1.29, 1.82) is 0 Å². The molecule has 1 aliphatic rings. The molecular weight excluding hydrogens is 456 g/mol. The molecule has 0 saturated heterocycles. The number of aryl methyl sites for hydroxylation is 1. The zero-order chi connectivity index (χ0) is 24.6.